The first-order valence-electron chi connectivity index (χ1n) is 7.31. The van der Waals surface area contributed by atoms with Crippen LogP contribution in [0.2, 0.25) is 0 Å². The van der Waals surface area contributed by atoms with Crippen LogP contribution in [0, 0.1) is 17.3 Å². The Morgan fingerprint density at radius 1 is 1.24 bits per heavy atom. The molecule has 1 rings (SSSR count). The Balaban J connectivity index is 2.28. The molecule has 0 aromatic carbocycles. The molecule has 0 spiro atoms. The lowest BCUT2D eigenvalue weighted by atomic mass is 9.68. The molecule has 0 heterocycles. The molecule has 0 radical (unpaired) electrons. The fourth-order valence-corrected chi connectivity index (χ4v) is 3.15. The molecule has 0 aromatic heterocycles. The fourth-order valence-electron chi connectivity index (χ4n) is 3.15. The van der Waals surface area contributed by atoms with Crippen molar-refractivity contribution in [1.29, 1.82) is 0 Å². The van der Waals surface area contributed by atoms with Gasteiger partial charge in [-0.15, -0.1) is 6.58 Å². The van der Waals surface area contributed by atoms with E-state index in [9.17, 15) is 0 Å². The highest BCUT2D eigenvalue weighted by Crippen LogP contribution is 2.40. The van der Waals surface area contributed by atoms with Crippen LogP contribution in [0.1, 0.15) is 65.7 Å². The molecule has 0 aromatic rings. The Bertz CT molecular complexity index is 218. The van der Waals surface area contributed by atoms with E-state index in [2.05, 4.69) is 27.4 Å². The number of rotatable bonds is 5. The molecule has 0 amide bonds. The summed E-state index contributed by atoms with van der Waals surface area (Å²) in [7, 11) is 0. The summed E-state index contributed by atoms with van der Waals surface area (Å²) in [5, 5.41) is 0. The summed E-state index contributed by atoms with van der Waals surface area (Å²) in [5.74, 6) is 1.68. The van der Waals surface area contributed by atoms with Crippen molar-refractivity contribution in [3.05, 3.63) is 12.7 Å². The predicted octanol–water partition coefficient (Wildman–Crippen LogP) is 4.52. The van der Waals surface area contributed by atoms with Crippen LogP contribution in [0.15, 0.2) is 12.7 Å². The van der Waals surface area contributed by atoms with E-state index in [4.69, 9.17) is 5.73 Å². The fraction of sp³-hybridized carbons (Fsp3) is 0.875. The van der Waals surface area contributed by atoms with Gasteiger partial charge in [0.25, 0.3) is 0 Å². The van der Waals surface area contributed by atoms with Gasteiger partial charge in [0.2, 0.25) is 0 Å². The largest absolute Gasteiger partial charge is 0.327 e. The van der Waals surface area contributed by atoms with Gasteiger partial charge in [-0.3, -0.25) is 0 Å². The first kappa shape index (κ1) is 14.8. The average Bonchev–Trinajstić information content (AvgIpc) is 2.28. The van der Waals surface area contributed by atoms with Crippen LogP contribution in [0.4, 0.5) is 0 Å². The number of allylic oxidation sites excluding steroid dienone is 1. The number of hydrogen-bond acceptors (Lipinski definition) is 1. The minimum atomic E-state index is 0.427. The zero-order valence-corrected chi connectivity index (χ0v) is 12.0. The Morgan fingerprint density at radius 2 is 1.82 bits per heavy atom. The third kappa shape index (κ3) is 4.83. The van der Waals surface area contributed by atoms with E-state index in [0.717, 1.165) is 18.3 Å². The Labute approximate surface area is 108 Å². The van der Waals surface area contributed by atoms with Gasteiger partial charge in [-0.05, 0) is 62.2 Å². The lowest BCUT2D eigenvalue weighted by Gasteiger charge is -2.38. The minimum Gasteiger partial charge on any atom is -0.327 e. The highest BCUT2D eigenvalue weighted by Gasteiger charge is 2.31. The van der Waals surface area contributed by atoms with Gasteiger partial charge in [-0.1, -0.05) is 26.8 Å². The van der Waals surface area contributed by atoms with Crippen molar-refractivity contribution < 1.29 is 0 Å². The number of unbranched alkanes of at least 4 members (excludes halogenated alkanes) is 1. The van der Waals surface area contributed by atoms with Crippen LogP contribution in [0.3, 0.4) is 0 Å². The maximum absolute atomic E-state index is 6.31. The van der Waals surface area contributed by atoms with Crippen LogP contribution in [-0.2, 0) is 0 Å². The minimum absolute atomic E-state index is 0.427. The quantitative estimate of drug-likeness (QED) is 0.552. The molecular weight excluding hydrogens is 206 g/mol. The van der Waals surface area contributed by atoms with Gasteiger partial charge >= 0.3 is 0 Å². The van der Waals surface area contributed by atoms with E-state index in [0.29, 0.717) is 11.5 Å². The molecule has 17 heavy (non-hydrogen) atoms. The van der Waals surface area contributed by atoms with E-state index in [-0.39, 0.29) is 0 Å². The van der Waals surface area contributed by atoms with Gasteiger partial charge in [0.1, 0.15) is 0 Å². The molecule has 1 saturated carbocycles. The van der Waals surface area contributed by atoms with Gasteiger partial charge in [0, 0.05) is 6.04 Å². The average molecular weight is 237 g/mol. The first-order valence-corrected chi connectivity index (χ1v) is 7.31. The second-order valence-corrected chi connectivity index (χ2v) is 6.86. The molecule has 1 aliphatic rings. The zero-order chi connectivity index (χ0) is 12.9. The molecule has 0 aliphatic heterocycles. The Hall–Kier alpha value is -0.300. The summed E-state index contributed by atoms with van der Waals surface area (Å²) < 4.78 is 0. The Kier molecular flexibility index (Phi) is 5.72. The van der Waals surface area contributed by atoms with E-state index in [1.807, 2.05) is 6.08 Å². The maximum atomic E-state index is 6.31. The van der Waals surface area contributed by atoms with Crippen LogP contribution in [0.5, 0.6) is 0 Å². The van der Waals surface area contributed by atoms with Gasteiger partial charge in [-0.25, -0.2) is 0 Å². The molecule has 1 aliphatic carbocycles. The third-order valence-electron chi connectivity index (χ3n) is 4.55. The normalized spacial score (nSPS) is 27.8. The van der Waals surface area contributed by atoms with Crippen molar-refractivity contribution in [3.8, 4) is 0 Å². The highest BCUT2D eigenvalue weighted by molar-refractivity contribution is 4.84. The second kappa shape index (κ2) is 6.58. The zero-order valence-electron chi connectivity index (χ0n) is 12.0. The third-order valence-corrected chi connectivity index (χ3v) is 4.55. The van der Waals surface area contributed by atoms with Gasteiger partial charge in [0.05, 0.1) is 0 Å². The second-order valence-electron chi connectivity index (χ2n) is 6.86. The Morgan fingerprint density at radius 3 is 2.29 bits per heavy atom. The van der Waals surface area contributed by atoms with Crippen molar-refractivity contribution in [2.75, 3.05) is 0 Å². The standard InChI is InChI=1S/C16H31N/c1-5-6-7-8-15(17)13-9-11-14(12-10-13)16(2,3)4/h5,13-15H,1,6-12,17H2,2-4H3. The van der Waals surface area contributed by atoms with Gasteiger partial charge < -0.3 is 5.73 Å². The maximum Gasteiger partial charge on any atom is 0.00672 e. The lowest BCUT2D eigenvalue weighted by molar-refractivity contribution is 0.137. The number of hydrogen-bond donors (Lipinski definition) is 1. The summed E-state index contributed by atoms with van der Waals surface area (Å²) >= 11 is 0. The van der Waals surface area contributed by atoms with Crippen molar-refractivity contribution in [1.82, 2.24) is 0 Å². The first-order chi connectivity index (χ1) is 7.95. The molecule has 1 unspecified atom stereocenters. The van der Waals surface area contributed by atoms with Crippen LogP contribution in [-0.4, -0.2) is 6.04 Å². The smallest absolute Gasteiger partial charge is 0.00672 e. The molecule has 1 heteroatoms. The monoisotopic (exact) mass is 237 g/mol. The lowest BCUT2D eigenvalue weighted by Crippen LogP contribution is -2.35. The predicted molar refractivity (Wildman–Crippen MR) is 76.9 cm³/mol. The van der Waals surface area contributed by atoms with Crippen LogP contribution < -0.4 is 5.73 Å². The summed E-state index contributed by atoms with van der Waals surface area (Å²) in [6.45, 7) is 10.9. The van der Waals surface area contributed by atoms with E-state index in [1.54, 1.807) is 0 Å². The summed E-state index contributed by atoms with van der Waals surface area (Å²) in [4.78, 5) is 0. The highest BCUT2D eigenvalue weighted by atomic mass is 14.6. The summed E-state index contributed by atoms with van der Waals surface area (Å²) in [6, 6.07) is 0.427. The molecule has 1 fully saturated rings. The van der Waals surface area contributed by atoms with E-state index < -0.39 is 0 Å². The molecule has 1 nitrogen and oxygen atoms in total. The number of nitrogens with two attached hydrogens (primary N) is 1. The topological polar surface area (TPSA) is 26.0 Å². The van der Waals surface area contributed by atoms with Crippen molar-refractivity contribution in [2.24, 2.45) is 23.0 Å². The van der Waals surface area contributed by atoms with E-state index >= 15 is 0 Å². The van der Waals surface area contributed by atoms with Gasteiger partial charge in [-0.2, -0.15) is 0 Å². The SMILES string of the molecule is C=CCCCC(N)C1CCC(C(C)(C)C)CC1. The molecule has 100 valence electrons. The molecule has 0 bridgehead atoms. The van der Waals surface area contributed by atoms with E-state index in [1.165, 1.54) is 38.5 Å². The summed E-state index contributed by atoms with van der Waals surface area (Å²) in [6.07, 6.45) is 11.0. The van der Waals surface area contributed by atoms with Crippen molar-refractivity contribution >= 4 is 0 Å². The summed E-state index contributed by atoms with van der Waals surface area (Å²) in [5.41, 5.74) is 6.79. The van der Waals surface area contributed by atoms with Crippen LogP contribution in [0.25, 0.3) is 0 Å². The molecule has 1 atom stereocenters. The van der Waals surface area contributed by atoms with Gasteiger partial charge in [0.15, 0.2) is 0 Å². The van der Waals surface area contributed by atoms with Crippen molar-refractivity contribution in [3.63, 3.8) is 0 Å². The molecule has 0 saturated heterocycles. The molecule has 2 N–H and O–H groups in total. The van der Waals surface area contributed by atoms with Crippen LogP contribution >= 0.6 is 0 Å². The van der Waals surface area contributed by atoms with Crippen molar-refractivity contribution in [2.45, 2.75) is 71.8 Å². The molecular formula is C16H31N.